The minimum atomic E-state index is -0.146. The number of benzene rings is 1. The van der Waals surface area contributed by atoms with Crippen molar-refractivity contribution in [2.45, 2.75) is 45.2 Å². The molecule has 1 heterocycles. The molecule has 2 N–H and O–H groups in total. The maximum atomic E-state index is 12.4. The van der Waals surface area contributed by atoms with Gasteiger partial charge in [0.05, 0.1) is 0 Å². The third kappa shape index (κ3) is 4.28. The van der Waals surface area contributed by atoms with Crippen LogP contribution >= 0.6 is 0 Å². The minimum Gasteiger partial charge on any atom is -0.365 e. The van der Waals surface area contributed by atoms with Crippen molar-refractivity contribution in [2.75, 3.05) is 5.32 Å². The quantitative estimate of drug-likeness (QED) is 0.909. The maximum absolute atomic E-state index is 12.4. The van der Waals surface area contributed by atoms with Crippen LogP contribution in [0, 0.1) is 0 Å². The Morgan fingerprint density at radius 3 is 2.43 bits per heavy atom. The number of hydrogen-bond donors (Lipinski definition) is 2. The van der Waals surface area contributed by atoms with E-state index in [2.05, 4.69) is 41.4 Å². The number of aromatic nitrogens is 2. The van der Waals surface area contributed by atoms with Gasteiger partial charge in [0.25, 0.3) is 5.91 Å². The summed E-state index contributed by atoms with van der Waals surface area (Å²) in [6.07, 6.45) is 2.10. The molecule has 1 aliphatic carbocycles. The summed E-state index contributed by atoms with van der Waals surface area (Å²) >= 11 is 0. The lowest BCUT2D eigenvalue weighted by molar-refractivity contribution is 0.0946. The monoisotopic (exact) mass is 310 g/mol. The van der Waals surface area contributed by atoms with E-state index in [1.165, 1.54) is 0 Å². The number of hydrogen-bond acceptors (Lipinski definition) is 4. The van der Waals surface area contributed by atoms with Crippen LogP contribution in [-0.2, 0) is 0 Å². The zero-order chi connectivity index (χ0) is 16.4. The van der Waals surface area contributed by atoms with Crippen LogP contribution in [0.15, 0.2) is 36.4 Å². The number of amides is 1. The van der Waals surface area contributed by atoms with Crippen LogP contribution in [0.3, 0.4) is 0 Å². The van der Waals surface area contributed by atoms with Crippen molar-refractivity contribution in [1.82, 2.24) is 15.3 Å². The topological polar surface area (TPSA) is 66.9 Å². The van der Waals surface area contributed by atoms with Crippen LogP contribution in [0.5, 0.6) is 0 Å². The van der Waals surface area contributed by atoms with E-state index in [0.29, 0.717) is 23.4 Å². The number of rotatable bonds is 4. The minimum absolute atomic E-state index is 0.135. The molecule has 2 aromatic rings. The predicted octanol–water partition coefficient (Wildman–Crippen LogP) is 3.25. The van der Waals surface area contributed by atoms with Gasteiger partial charge in [-0.3, -0.25) is 4.79 Å². The molecular formula is C18H22N4O. The van der Waals surface area contributed by atoms with Crippen LogP contribution in [0.1, 0.15) is 44.1 Å². The van der Waals surface area contributed by atoms with Gasteiger partial charge in [-0.25, -0.2) is 9.97 Å². The van der Waals surface area contributed by atoms with Crippen LogP contribution in [0.25, 0.3) is 11.4 Å². The fraction of sp³-hybridized carbons (Fsp3) is 0.389. The predicted molar refractivity (Wildman–Crippen MR) is 91.3 cm³/mol. The van der Waals surface area contributed by atoms with Crippen molar-refractivity contribution in [3.63, 3.8) is 0 Å². The number of anilines is 1. The zero-order valence-corrected chi connectivity index (χ0v) is 13.8. The molecule has 1 aromatic heterocycles. The second kappa shape index (κ2) is 5.99. The lowest BCUT2D eigenvalue weighted by Gasteiger charge is -2.22. The molecular weight excluding hydrogens is 288 g/mol. The summed E-state index contributed by atoms with van der Waals surface area (Å²) in [6.45, 7) is 6.17. The van der Waals surface area contributed by atoms with Gasteiger partial charge in [-0.05, 0) is 33.6 Å². The molecule has 120 valence electrons. The normalized spacial score (nSPS) is 14.4. The van der Waals surface area contributed by atoms with Gasteiger partial charge < -0.3 is 10.6 Å². The maximum Gasteiger partial charge on any atom is 0.270 e. The molecule has 0 aliphatic heterocycles. The molecule has 1 saturated carbocycles. The largest absolute Gasteiger partial charge is 0.365 e. The van der Waals surface area contributed by atoms with Crippen LogP contribution in [0.4, 0.5) is 5.82 Å². The van der Waals surface area contributed by atoms with Gasteiger partial charge in [0.1, 0.15) is 11.5 Å². The van der Waals surface area contributed by atoms with E-state index in [9.17, 15) is 4.79 Å². The van der Waals surface area contributed by atoms with Gasteiger partial charge in [0, 0.05) is 23.2 Å². The molecule has 23 heavy (non-hydrogen) atoms. The first kappa shape index (κ1) is 15.5. The van der Waals surface area contributed by atoms with Gasteiger partial charge in [0.2, 0.25) is 0 Å². The highest BCUT2D eigenvalue weighted by atomic mass is 16.2. The van der Waals surface area contributed by atoms with E-state index < -0.39 is 0 Å². The first-order valence-electron chi connectivity index (χ1n) is 7.94. The van der Waals surface area contributed by atoms with Crippen molar-refractivity contribution in [3.05, 3.63) is 42.1 Å². The van der Waals surface area contributed by atoms with E-state index in [-0.39, 0.29) is 11.4 Å². The molecule has 1 fully saturated rings. The van der Waals surface area contributed by atoms with Crippen molar-refractivity contribution >= 4 is 11.7 Å². The summed E-state index contributed by atoms with van der Waals surface area (Å²) in [5.74, 6) is 1.08. The molecule has 5 nitrogen and oxygen atoms in total. The molecule has 0 spiro atoms. The van der Waals surface area contributed by atoms with E-state index >= 15 is 0 Å². The van der Waals surface area contributed by atoms with E-state index in [0.717, 1.165) is 18.4 Å². The summed E-state index contributed by atoms with van der Waals surface area (Å²) in [6, 6.07) is 11.7. The van der Waals surface area contributed by atoms with Crippen LogP contribution in [0.2, 0.25) is 0 Å². The summed E-state index contributed by atoms with van der Waals surface area (Å²) in [7, 11) is 0. The number of nitrogens with zero attached hydrogens (tertiary/aromatic N) is 2. The Morgan fingerprint density at radius 1 is 1.13 bits per heavy atom. The first-order valence-corrected chi connectivity index (χ1v) is 7.94. The number of nitrogens with one attached hydrogen (secondary N) is 2. The highest BCUT2D eigenvalue weighted by Crippen LogP contribution is 2.22. The molecule has 1 amide bonds. The van der Waals surface area contributed by atoms with Crippen LogP contribution < -0.4 is 10.6 Å². The van der Waals surface area contributed by atoms with Crippen molar-refractivity contribution in [2.24, 2.45) is 0 Å². The second-order valence-electron chi connectivity index (χ2n) is 6.95. The molecule has 0 radical (unpaired) electrons. The van der Waals surface area contributed by atoms with E-state index in [4.69, 9.17) is 0 Å². The van der Waals surface area contributed by atoms with Crippen molar-refractivity contribution in [1.29, 1.82) is 0 Å². The van der Waals surface area contributed by atoms with Crippen LogP contribution in [-0.4, -0.2) is 27.5 Å². The average molecular weight is 310 g/mol. The Bertz CT molecular complexity index is 703. The highest BCUT2D eigenvalue weighted by Gasteiger charge is 2.25. The number of carbonyl (C=O) groups is 1. The molecule has 0 bridgehead atoms. The van der Waals surface area contributed by atoms with Gasteiger partial charge in [-0.1, -0.05) is 30.3 Å². The molecule has 5 heteroatoms. The summed E-state index contributed by atoms with van der Waals surface area (Å²) < 4.78 is 0. The fourth-order valence-electron chi connectivity index (χ4n) is 2.22. The second-order valence-corrected chi connectivity index (χ2v) is 6.95. The summed E-state index contributed by atoms with van der Waals surface area (Å²) in [5, 5.41) is 6.31. The lowest BCUT2D eigenvalue weighted by Crippen LogP contribution is -2.29. The molecule has 0 unspecified atom stereocenters. The summed E-state index contributed by atoms with van der Waals surface area (Å²) in [5.41, 5.74) is 1.15. The Hall–Kier alpha value is -2.43. The Labute approximate surface area is 136 Å². The lowest BCUT2D eigenvalue weighted by atomic mass is 10.1. The average Bonchev–Trinajstić information content (AvgIpc) is 3.30. The summed E-state index contributed by atoms with van der Waals surface area (Å²) in [4.78, 5) is 21.4. The van der Waals surface area contributed by atoms with Crippen molar-refractivity contribution < 1.29 is 4.79 Å². The van der Waals surface area contributed by atoms with Crippen molar-refractivity contribution in [3.8, 4) is 11.4 Å². The Kier molecular flexibility index (Phi) is 4.03. The molecule has 1 aromatic carbocycles. The standard InChI is InChI=1S/C18H22N4O/c1-18(2,3)22-15-11-14(17(23)19-13-9-10-13)20-16(21-15)12-7-5-4-6-8-12/h4-8,11,13H,9-10H2,1-3H3,(H,19,23)(H,20,21,22). The van der Waals surface area contributed by atoms with Gasteiger partial charge in [0.15, 0.2) is 5.82 Å². The Morgan fingerprint density at radius 2 is 1.83 bits per heavy atom. The van der Waals surface area contributed by atoms with Gasteiger partial charge in [-0.2, -0.15) is 0 Å². The van der Waals surface area contributed by atoms with E-state index in [1.54, 1.807) is 6.07 Å². The molecule has 0 saturated heterocycles. The SMILES string of the molecule is CC(C)(C)Nc1cc(C(=O)NC2CC2)nc(-c2ccccc2)n1. The van der Waals surface area contributed by atoms with E-state index in [1.807, 2.05) is 30.3 Å². The van der Waals surface area contributed by atoms with Gasteiger partial charge in [-0.15, -0.1) is 0 Å². The fourth-order valence-corrected chi connectivity index (χ4v) is 2.22. The molecule has 3 rings (SSSR count). The molecule has 0 atom stereocenters. The Balaban J connectivity index is 1.97. The smallest absolute Gasteiger partial charge is 0.270 e. The third-order valence-corrected chi connectivity index (χ3v) is 3.41. The molecule has 1 aliphatic rings. The first-order chi connectivity index (χ1) is 10.9. The third-order valence-electron chi connectivity index (χ3n) is 3.41. The highest BCUT2D eigenvalue weighted by molar-refractivity contribution is 5.93. The number of carbonyl (C=O) groups excluding carboxylic acids is 1. The zero-order valence-electron chi connectivity index (χ0n) is 13.8. The van der Waals surface area contributed by atoms with Gasteiger partial charge >= 0.3 is 0 Å².